The fourth-order valence-electron chi connectivity index (χ4n) is 1.75. The Morgan fingerprint density at radius 1 is 1.40 bits per heavy atom. The van der Waals surface area contributed by atoms with E-state index in [0.29, 0.717) is 0 Å². The average Bonchev–Trinajstić information content (AvgIpc) is 2.65. The number of hydrogen-bond donors (Lipinski definition) is 1. The molecular weight excluding hydrogens is 210 g/mol. The third-order valence-electron chi connectivity index (χ3n) is 2.59. The number of nitrogens with one attached hydrogen (secondary N) is 1. The van der Waals surface area contributed by atoms with Crippen molar-refractivity contribution in [1.82, 2.24) is 5.32 Å². The maximum Gasteiger partial charge on any atom is 0.138 e. The Bertz CT molecular complexity index is 476. The molecule has 2 rings (SSSR count). The summed E-state index contributed by atoms with van der Waals surface area (Å²) < 4.78 is 5.55. The molecule has 0 aliphatic heterocycles. The minimum Gasteiger partial charge on any atom is -0.464 e. The molecule has 2 nitrogen and oxygen atoms in total. The third kappa shape index (κ3) is 1.87. The Kier molecular flexibility index (Phi) is 2.98. The van der Waals surface area contributed by atoms with Crippen LogP contribution in [0.4, 0.5) is 0 Å². The van der Waals surface area contributed by atoms with Crippen molar-refractivity contribution in [3.8, 4) is 0 Å². The zero-order chi connectivity index (χ0) is 10.8. The number of halogens is 1. The van der Waals surface area contributed by atoms with Crippen molar-refractivity contribution in [2.45, 2.75) is 13.3 Å². The lowest BCUT2D eigenvalue weighted by atomic mass is 10.1. The summed E-state index contributed by atoms with van der Waals surface area (Å²) in [6.07, 6.45) is 2.74. The zero-order valence-corrected chi connectivity index (χ0v) is 9.69. The summed E-state index contributed by atoms with van der Waals surface area (Å²) in [5.41, 5.74) is 3.21. The number of fused-ring (bicyclic) bond motifs is 1. The van der Waals surface area contributed by atoms with Crippen LogP contribution in [0.15, 0.2) is 22.8 Å². The van der Waals surface area contributed by atoms with Crippen LogP contribution in [-0.4, -0.2) is 13.6 Å². The number of furan rings is 1. The van der Waals surface area contributed by atoms with Crippen molar-refractivity contribution >= 4 is 22.6 Å². The lowest BCUT2D eigenvalue weighted by molar-refractivity contribution is 0.606. The van der Waals surface area contributed by atoms with Gasteiger partial charge < -0.3 is 9.73 Å². The molecule has 0 bridgehead atoms. The van der Waals surface area contributed by atoms with E-state index >= 15 is 0 Å². The fraction of sp³-hybridized carbons (Fsp3) is 0.333. The van der Waals surface area contributed by atoms with Gasteiger partial charge in [-0.25, -0.2) is 0 Å². The van der Waals surface area contributed by atoms with Crippen molar-refractivity contribution < 1.29 is 4.42 Å². The molecule has 0 aliphatic carbocycles. The molecule has 1 N–H and O–H groups in total. The van der Waals surface area contributed by atoms with E-state index in [4.69, 9.17) is 16.0 Å². The largest absolute Gasteiger partial charge is 0.464 e. The Morgan fingerprint density at radius 3 is 2.93 bits per heavy atom. The van der Waals surface area contributed by atoms with Crippen molar-refractivity contribution in [2.75, 3.05) is 13.6 Å². The zero-order valence-electron chi connectivity index (χ0n) is 8.93. The lowest BCUT2D eigenvalue weighted by Gasteiger charge is -2.00. The number of rotatable bonds is 3. The normalized spacial score (nSPS) is 11.1. The molecule has 0 radical (unpaired) electrons. The first-order valence-corrected chi connectivity index (χ1v) is 5.41. The van der Waals surface area contributed by atoms with Crippen LogP contribution < -0.4 is 5.32 Å². The monoisotopic (exact) mass is 223 g/mol. The van der Waals surface area contributed by atoms with Crippen molar-refractivity contribution in [2.24, 2.45) is 0 Å². The molecule has 15 heavy (non-hydrogen) atoms. The molecule has 2 aromatic rings. The standard InChI is InChI=1S/C12H14ClNO/c1-8-3-4-10(13)11-9(5-6-14-2)7-15-12(8)11/h3-4,7,14H,5-6H2,1-2H3. The molecular formula is C12H14ClNO. The second-order valence-electron chi connectivity index (χ2n) is 3.68. The van der Waals surface area contributed by atoms with Gasteiger partial charge in [-0.3, -0.25) is 0 Å². The van der Waals surface area contributed by atoms with Crippen molar-refractivity contribution in [1.29, 1.82) is 0 Å². The highest BCUT2D eigenvalue weighted by molar-refractivity contribution is 6.35. The summed E-state index contributed by atoms with van der Waals surface area (Å²) in [5.74, 6) is 0. The highest BCUT2D eigenvalue weighted by Crippen LogP contribution is 2.31. The highest BCUT2D eigenvalue weighted by Gasteiger charge is 2.10. The minimum absolute atomic E-state index is 0.774. The van der Waals surface area contributed by atoms with Crippen LogP contribution in [0.2, 0.25) is 5.02 Å². The Labute approximate surface area is 94.2 Å². The van der Waals surface area contributed by atoms with E-state index in [0.717, 1.165) is 34.5 Å². The Balaban J connectivity index is 2.53. The predicted molar refractivity (Wildman–Crippen MR) is 63.6 cm³/mol. The maximum absolute atomic E-state index is 6.17. The second-order valence-corrected chi connectivity index (χ2v) is 4.09. The van der Waals surface area contributed by atoms with Crippen LogP contribution in [0.3, 0.4) is 0 Å². The molecule has 0 unspecified atom stereocenters. The average molecular weight is 224 g/mol. The van der Waals surface area contributed by atoms with Crippen molar-refractivity contribution in [3.05, 3.63) is 34.5 Å². The number of aryl methyl sites for hydroxylation is 1. The van der Waals surface area contributed by atoms with Crippen LogP contribution in [-0.2, 0) is 6.42 Å². The highest BCUT2D eigenvalue weighted by atomic mass is 35.5. The van der Waals surface area contributed by atoms with E-state index in [1.54, 1.807) is 6.26 Å². The molecule has 1 aromatic carbocycles. The molecule has 0 atom stereocenters. The molecule has 3 heteroatoms. The fourth-order valence-corrected chi connectivity index (χ4v) is 2.02. The van der Waals surface area contributed by atoms with Gasteiger partial charge in [-0.2, -0.15) is 0 Å². The van der Waals surface area contributed by atoms with Gasteiger partial charge in [0.05, 0.1) is 11.3 Å². The summed E-state index contributed by atoms with van der Waals surface area (Å²) in [6, 6.07) is 3.91. The lowest BCUT2D eigenvalue weighted by Crippen LogP contribution is -2.09. The molecule has 80 valence electrons. The van der Waals surface area contributed by atoms with Crippen LogP contribution in [0, 0.1) is 6.92 Å². The van der Waals surface area contributed by atoms with E-state index < -0.39 is 0 Å². The van der Waals surface area contributed by atoms with E-state index in [1.807, 2.05) is 26.1 Å². The molecule has 0 amide bonds. The molecule has 1 heterocycles. The molecule has 0 saturated heterocycles. The van der Waals surface area contributed by atoms with E-state index in [2.05, 4.69) is 5.32 Å². The quantitative estimate of drug-likeness (QED) is 0.865. The first-order chi connectivity index (χ1) is 7.24. The second kappa shape index (κ2) is 4.25. The first-order valence-electron chi connectivity index (χ1n) is 5.04. The molecule has 0 spiro atoms. The van der Waals surface area contributed by atoms with Crippen LogP contribution in [0.1, 0.15) is 11.1 Å². The molecule has 1 aromatic heterocycles. The first kappa shape index (κ1) is 10.5. The summed E-state index contributed by atoms with van der Waals surface area (Å²) in [6.45, 7) is 2.96. The van der Waals surface area contributed by atoms with Crippen LogP contribution >= 0.6 is 11.6 Å². The van der Waals surface area contributed by atoms with Crippen LogP contribution in [0.5, 0.6) is 0 Å². The van der Waals surface area contributed by atoms with Gasteiger partial charge in [0.2, 0.25) is 0 Å². The Hall–Kier alpha value is -0.990. The van der Waals surface area contributed by atoms with Gasteiger partial charge >= 0.3 is 0 Å². The summed E-state index contributed by atoms with van der Waals surface area (Å²) in [7, 11) is 1.94. The van der Waals surface area contributed by atoms with Gasteiger partial charge in [-0.15, -0.1) is 0 Å². The van der Waals surface area contributed by atoms with E-state index in [9.17, 15) is 0 Å². The SMILES string of the molecule is CNCCc1coc2c(C)ccc(Cl)c12. The van der Waals surface area contributed by atoms with Crippen molar-refractivity contribution in [3.63, 3.8) is 0 Å². The predicted octanol–water partition coefficient (Wildman–Crippen LogP) is 3.16. The number of hydrogen-bond acceptors (Lipinski definition) is 2. The van der Waals surface area contributed by atoms with E-state index in [1.165, 1.54) is 5.56 Å². The molecule has 0 saturated carbocycles. The summed E-state index contributed by atoms with van der Waals surface area (Å²) in [4.78, 5) is 0. The van der Waals surface area contributed by atoms with Gasteiger partial charge in [0.1, 0.15) is 5.58 Å². The molecule has 0 aliphatic rings. The topological polar surface area (TPSA) is 25.2 Å². The van der Waals surface area contributed by atoms with Gasteiger partial charge in [-0.1, -0.05) is 17.7 Å². The molecule has 0 fully saturated rings. The Morgan fingerprint density at radius 2 is 2.20 bits per heavy atom. The van der Waals surface area contributed by atoms with Gasteiger partial charge in [-0.05, 0) is 38.6 Å². The summed E-state index contributed by atoms with van der Waals surface area (Å²) in [5, 5.41) is 4.96. The minimum atomic E-state index is 0.774. The van der Waals surface area contributed by atoms with E-state index in [-0.39, 0.29) is 0 Å². The van der Waals surface area contributed by atoms with Gasteiger partial charge in [0.15, 0.2) is 0 Å². The van der Waals surface area contributed by atoms with Gasteiger partial charge in [0.25, 0.3) is 0 Å². The maximum atomic E-state index is 6.17. The smallest absolute Gasteiger partial charge is 0.138 e. The van der Waals surface area contributed by atoms with Gasteiger partial charge in [0, 0.05) is 10.9 Å². The number of benzene rings is 1. The van der Waals surface area contributed by atoms with Crippen LogP contribution in [0.25, 0.3) is 11.0 Å². The summed E-state index contributed by atoms with van der Waals surface area (Å²) >= 11 is 6.17. The number of likely N-dealkylation sites (N-methyl/N-ethyl adjacent to an activating group) is 1. The third-order valence-corrected chi connectivity index (χ3v) is 2.90.